The van der Waals surface area contributed by atoms with Gasteiger partial charge >= 0.3 is 41.5 Å². The van der Waals surface area contributed by atoms with Crippen molar-refractivity contribution in [2.24, 2.45) is 5.73 Å². The van der Waals surface area contributed by atoms with Crippen molar-refractivity contribution < 1.29 is 53.8 Å². The van der Waals surface area contributed by atoms with Crippen LogP contribution in [0.1, 0.15) is 110 Å². The van der Waals surface area contributed by atoms with Gasteiger partial charge in [0.05, 0.1) is 5.97 Å². The van der Waals surface area contributed by atoms with Gasteiger partial charge in [-0.15, -0.1) is 0 Å². The molecule has 0 bridgehead atoms. The van der Waals surface area contributed by atoms with Crippen LogP contribution in [0.15, 0.2) is 12.2 Å². The summed E-state index contributed by atoms with van der Waals surface area (Å²) in [5.41, 5.74) is 5.24. The van der Waals surface area contributed by atoms with Gasteiger partial charge in [-0.05, 0) is 38.5 Å². The van der Waals surface area contributed by atoms with Crippen molar-refractivity contribution in [2.75, 3.05) is 0 Å². The number of allylic oxidation sites excluding steroid dienone is 2. The maximum atomic E-state index is 11.6. The molecular weight excluding hydrogens is 393 g/mol. The normalized spacial score (nSPS) is 11.8. The molecule has 0 aromatic carbocycles. The summed E-state index contributed by atoms with van der Waals surface area (Å²) in [6.45, 7) is 2.24. The first-order chi connectivity index (χ1) is 14.0. The average molecular weight is 434 g/mol. The SMILES string of the molecule is CCCCCCCC/C=C\CCCCCCCC(=O)OC(=O)CC[C@H](N)C(=O)[O-].[Na+]. The van der Waals surface area contributed by atoms with Crippen LogP contribution in [0.25, 0.3) is 0 Å². The zero-order valence-electron chi connectivity index (χ0n) is 19.2. The fourth-order valence-corrected chi connectivity index (χ4v) is 2.96. The number of carboxylic acid groups (broad SMARTS) is 1. The Bertz CT molecular complexity index is 482. The van der Waals surface area contributed by atoms with E-state index in [4.69, 9.17) is 5.73 Å². The molecule has 1 atom stereocenters. The molecule has 2 N–H and O–H groups in total. The summed E-state index contributed by atoms with van der Waals surface area (Å²) in [6, 6.07) is -1.22. The number of hydrogen-bond donors (Lipinski definition) is 1. The minimum absolute atomic E-state index is 0. The molecule has 0 unspecified atom stereocenters. The van der Waals surface area contributed by atoms with Crippen LogP contribution in [-0.2, 0) is 19.1 Å². The summed E-state index contributed by atoms with van der Waals surface area (Å²) in [7, 11) is 0. The molecule has 0 fully saturated rings. The van der Waals surface area contributed by atoms with Gasteiger partial charge in [-0.1, -0.05) is 70.4 Å². The predicted octanol–water partition coefficient (Wildman–Crippen LogP) is 0.955. The third-order valence-electron chi connectivity index (χ3n) is 4.83. The van der Waals surface area contributed by atoms with Crippen molar-refractivity contribution in [3.05, 3.63) is 12.2 Å². The summed E-state index contributed by atoms with van der Waals surface area (Å²) < 4.78 is 4.64. The summed E-state index contributed by atoms with van der Waals surface area (Å²) in [5.74, 6) is -2.72. The van der Waals surface area contributed by atoms with Gasteiger partial charge in [-0.2, -0.15) is 0 Å². The smallest absolute Gasteiger partial charge is 0.548 e. The van der Waals surface area contributed by atoms with E-state index in [2.05, 4.69) is 23.8 Å². The van der Waals surface area contributed by atoms with E-state index in [-0.39, 0.29) is 48.8 Å². The van der Waals surface area contributed by atoms with Crippen LogP contribution in [0.5, 0.6) is 0 Å². The molecule has 0 amide bonds. The first-order valence-corrected chi connectivity index (χ1v) is 11.3. The van der Waals surface area contributed by atoms with Crippen molar-refractivity contribution in [2.45, 2.75) is 116 Å². The zero-order valence-corrected chi connectivity index (χ0v) is 21.2. The van der Waals surface area contributed by atoms with Gasteiger partial charge in [0, 0.05) is 18.9 Å². The van der Waals surface area contributed by atoms with Gasteiger partial charge in [0.15, 0.2) is 0 Å². The van der Waals surface area contributed by atoms with Crippen LogP contribution in [0.3, 0.4) is 0 Å². The molecule has 0 aliphatic carbocycles. The Morgan fingerprint density at radius 2 is 1.27 bits per heavy atom. The van der Waals surface area contributed by atoms with Gasteiger partial charge in [0.25, 0.3) is 0 Å². The third-order valence-corrected chi connectivity index (χ3v) is 4.83. The Labute approximate surface area is 204 Å². The summed E-state index contributed by atoms with van der Waals surface area (Å²) in [5, 5.41) is 10.4. The monoisotopic (exact) mass is 433 g/mol. The minimum Gasteiger partial charge on any atom is -0.548 e. The van der Waals surface area contributed by atoms with Crippen LogP contribution >= 0.6 is 0 Å². The number of aliphatic carboxylic acids is 1. The van der Waals surface area contributed by atoms with Gasteiger partial charge in [0.1, 0.15) is 0 Å². The number of esters is 2. The van der Waals surface area contributed by atoms with Crippen molar-refractivity contribution in [1.29, 1.82) is 0 Å². The van der Waals surface area contributed by atoms with Crippen LogP contribution in [-0.4, -0.2) is 23.9 Å². The molecule has 6 nitrogen and oxygen atoms in total. The van der Waals surface area contributed by atoms with Crippen LogP contribution in [0.4, 0.5) is 0 Å². The second-order valence-electron chi connectivity index (χ2n) is 7.64. The Hall–Kier alpha value is -0.690. The predicted molar refractivity (Wildman–Crippen MR) is 113 cm³/mol. The second kappa shape index (κ2) is 23.0. The fraction of sp³-hybridized carbons (Fsp3) is 0.783. The van der Waals surface area contributed by atoms with Crippen LogP contribution in [0, 0.1) is 0 Å². The zero-order chi connectivity index (χ0) is 21.7. The average Bonchev–Trinajstić information content (AvgIpc) is 2.68. The molecule has 0 spiro atoms. The Morgan fingerprint density at radius 3 is 1.80 bits per heavy atom. The molecule has 0 aliphatic heterocycles. The maximum absolute atomic E-state index is 11.6. The molecule has 0 rings (SSSR count). The first kappa shape index (κ1) is 31.5. The number of carbonyl (C=O) groups excluding carboxylic acids is 3. The van der Waals surface area contributed by atoms with Crippen molar-refractivity contribution in [3.8, 4) is 0 Å². The van der Waals surface area contributed by atoms with E-state index in [1.807, 2.05) is 0 Å². The van der Waals surface area contributed by atoms with Gasteiger partial charge in [0.2, 0.25) is 0 Å². The first-order valence-electron chi connectivity index (χ1n) is 11.3. The molecule has 0 heterocycles. The number of carboxylic acids is 1. The number of carbonyl (C=O) groups is 3. The molecule has 7 heteroatoms. The van der Waals surface area contributed by atoms with E-state index in [0.717, 1.165) is 32.1 Å². The minimum atomic E-state index is -1.42. The van der Waals surface area contributed by atoms with E-state index >= 15 is 0 Å². The topological polar surface area (TPSA) is 110 Å². The molecule has 0 saturated heterocycles. The number of hydrogen-bond acceptors (Lipinski definition) is 6. The number of nitrogens with two attached hydrogens (primary N) is 1. The Morgan fingerprint density at radius 1 is 0.800 bits per heavy atom. The summed E-state index contributed by atoms with van der Waals surface area (Å²) in [4.78, 5) is 33.4. The summed E-state index contributed by atoms with van der Waals surface area (Å²) >= 11 is 0. The quantitative estimate of drug-likeness (QED) is 0.107. The molecule has 0 saturated carbocycles. The van der Waals surface area contributed by atoms with E-state index in [0.29, 0.717) is 6.42 Å². The number of ether oxygens (including phenoxy) is 1. The molecule has 0 aromatic heterocycles. The molecule has 0 aliphatic rings. The van der Waals surface area contributed by atoms with E-state index in [9.17, 15) is 19.5 Å². The number of unbranched alkanes of at least 4 members (excludes halogenated alkanes) is 11. The standard InChI is InChI=1S/C23H41NO5.Na/c1-2-3-4-5-6-7-8-9-10-11-12-13-14-15-16-17-21(25)29-22(26)19-18-20(24)23(27)28;/h9-10,20H,2-8,11-19,24H2,1H3,(H,27,28);/q;+1/p-1/b10-9-;/t20-;/m0./s1. The van der Waals surface area contributed by atoms with Gasteiger partial charge in [-0.25, -0.2) is 0 Å². The molecular formula is C23H40NNaO5. The van der Waals surface area contributed by atoms with Gasteiger partial charge < -0.3 is 20.4 Å². The Balaban J connectivity index is 0. The molecule has 168 valence electrons. The Kier molecular flexibility index (Phi) is 24.1. The van der Waals surface area contributed by atoms with Crippen LogP contribution in [0.2, 0.25) is 0 Å². The largest absolute Gasteiger partial charge is 1.00 e. The van der Waals surface area contributed by atoms with Crippen molar-refractivity contribution in [3.63, 3.8) is 0 Å². The van der Waals surface area contributed by atoms with E-state index in [1.165, 1.54) is 44.9 Å². The third kappa shape index (κ3) is 22.0. The van der Waals surface area contributed by atoms with Crippen LogP contribution < -0.4 is 40.4 Å². The molecule has 0 radical (unpaired) electrons. The maximum Gasteiger partial charge on any atom is 1.00 e. The van der Waals surface area contributed by atoms with Crippen molar-refractivity contribution >= 4 is 17.9 Å². The molecule has 30 heavy (non-hydrogen) atoms. The fourth-order valence-electron chi connectivity index (χ4n) is 2.96. The van der Waals surface area contributed by atoms with E-state index in [1.54, 1.807) is 0 Å². The number of rotatable bonds is 19. The summed E-state index contributed by atoms with van der Waals surface area (Å²) in [6.07, 6.45) is 19.8. The van der Waals surface area contributed by atoms with Gasteiger partial charge in [-0.3, -0.25) is 9.59 Å². The van der Waals surface area contributed by atoms with E-state index < -0.39 is 23.9 Å². The molecule has 0 aromatic rings. The second-order valence-corrected chi connectivity index (χ2v) is 7.64. The van der Waals surface area contributed by atoms with Crippen molar-refractivity contribution in [1.82, 2.24) is 0 Å².